The number of benzene rings is 2. The van der Waals surface area contributed by atoms with Gasteiger partial charge in [-0.25, -0.2) is 4.39 Å². The van der Waals surface area contributed by atoms with Crippen molar-refractivity contribution in [2.24, 2.45) is 0 Å². The Morgan fingerprint density at radius 2 is 2.07 bits per heavy atom. The Morgan fingerprint density at radius 3 is 2.78 bits per heavy atom. The summed E-state index contributed by atoms with van der Waals surface area (Å²) in [5, 5.41) is 5.32. The van der Waals surface area contributed by atoms with Gasteiger partial charge in [0.2, 0.25) is 13.3 Å². The lowest BCUT2D eigenvalue weighted by atomic mass is 10.1. The molecule has 27 heavy (non-hydrogen) atoms. The molecule has 0 saturated heterocycles. The molecule has 2 atom stereocenters. The molecule has 3 rings (SSSR count). The highest BCUT2D eigenvalue weighted by atomic mass is 35.5. The number of carbonyl (C=O) groups excluding carboxylic acids is 1. The van der Waals surface area contributed by atoms with E-state index in [-0.39, 0.29) is 0 Å². The van der Waals surface area contributed by atoms with Crippen LogP contribution in [0.3, 0.4) is 0 Å². The highest BCUT2D eigenvalue weighted by Gasteiger charge is 2.36. The van der Waals surface area contributed by atoms with Gasteiger partial charge in [-0.2, -0.15) is 0 Å². The Bertz CT molecular complexity index is 1080. The smallest absolute Gasteiger partial charge is 0.241 e. The van der Waals surface area contributed by atoms with Crippen molar-refractivity contribution in [1.82, 2.24) is 5.32 Å². The molecule has 2 aromatic carbocycles. The molecule has 0 aliphatic rings. The van der Waals surface area contributed by atoms with Crippen molar-refractivity contribution in [2.45, 2.75) is 5.66 Å². The lowest BCUT2D eigenvalue weighted by Crippen LogP contribution is -2.25. The number of thiophene rings is 1. The molecule has 1 amide bonds. The molecule has 0 fully saturated rings. The zero-order valence-electron chi connectivity index (χ0n) is 14.2. The average molecular weight is 424 g/mol. The second-order valence-corrected chi connectivity index (χ2v) is 9.79. The van der Waals surface area contributed by atoms with Crippen LogP contribution in [-0.2, 0) is 9.36 Å². The van der Waals surface area contributed by atoms with Crippen LogP contribution < -0.4 is 5.32 Å². The van der Waals surface area contributed by atoms with E-state index in [2.05, 4.69) is 5.32 Å². The Kier molecular flexibility index (Phi) is 5.82. The fourth-order valence-corrected chi connectivity index (χ4v) is 5.23. The number of carbonyl (C=O) groups is 1. The zero-order valence-corrected chi connectivity index (χ0v) is 16.7. The molecular formula is C19H16ClFNO3PS. The minimum atomic E-state index is -3.82. The summed E-state index contributed by atoms with van der Waals surface area (Å²) in [6.07, 6.45) is 2.66. The van der Waals surface area contributed by atoms with Gasteiger partial charge in [0.15, 0.2) is 0 Å². The Morgan fingerprint density at radius 1 is 1.33 bits per heavy atom. The first kappa shape index (κ1) is 19.8. The fraction of sp³-hybridized carbons (Fsp3) is 0.105. The second-order valence-electron chi connectivity index (χ2n) is 6.04. The minimum Gasteiger partial charge on any atom is -0.344 e. The molecule has 0 saturated carbocycles. The molecular weight excluding hydrogens is 408 g/mol. The molecule has 1 aromatic heterocycles. The van der Waals surface area contributed by atoms with E-state index in [1.54, 1.807) is 41.8 Å². The summed E-state index contributed by atoms with van der Waals surface area (Å²) in [6, 6.07) is 11.3. The van der Waals surface area contributed by atoms with E-state index < -0.39 is 24.8 Å². The average Bonchev–Trinajstić information content (AvgIpc) is 2.98. The van der Waals surface area contributed by atoms with Crippen LogP contribution in [-0.4, -0.2) is 17.5 Å². The zero-order chi connectivity index (χ0) is 19.6. The van der Waals surface area contributed by atoms with Crippen molar-refractivity contribution in [2.75, 3.05) is 6.66 Å². The largest absolute Gasteiger partial charge is 0.344 e. The first-order valence-electron chi connectivity index (χ1n) is 7.95. The van der Waals surface area contributed by atoms with Crippen LogP contribution >= 0.6 is 30.3 Å². The van der Waals surface area contributed by atoms with Gasteiger partial charge in [-0.1, -0.05) is 29.8 Å². The van der Waals surface area contributed by atoms with E-state index in [1.165, 1.54) is 29.7 Å². The predicted octanol–water partition coefficient (Wildman–Crippen LogP) is 5.42. The summed E-state index contributed by atoms with van der Waals surface area (Å²) in [5.41, 5.74) is -0.511. The number of hydrogen-bond acceptors (Lipinski definition) is 3. The predicted molar refractivity (Wildman–Crippen MR) is 109 cm³/mol. The lowest BCUT2D eigenvalue weighted by Gasteiger charge is -2.18. The van der Waals surface area contributed by atoms with Crippen LogP contribution in [0.15, 0.2) is 54.0 Å². The maximum atomic E-state index is 13.6. The summed E-state index contributed by atoms with van der Waals surface area (Å²) in [4.78, 5) is 22.9. The van der Waals surface area contributed by atoms with Crippen LogP contribution in [0.5, 0.6) is 0 Å². The third kappa shape index (κ3) is 4.47. The third-order valence-corrected chi connectivity index (χ3v) is 6.67. The van der Waals surface area contributed by atoms with Gasteiger partial charge in [-0.05, 0) is 46.7 Å². The monoisotopic (exact) mass is 423 g/mol. The van der Waals surface area contributed by atoms with Gasteiger partial charge in [0.25, 0.3) is 0 Å². The summed E-state index contributed by atoms with van der Waals surface area (Å²) in [6.45, 7) is 1.14. The van der Waals surface area contributed by atoms with Gasteiger partial charge in [-0.15, -0.1) is 11.3 Å². The standard InChI is InChI=1S/C19H16ClFNO3PS/c1-26(24,25)18(15-11-27-17-7-6-13(20)10-14(15)17)19(23)22-9-8-12-4-2-3-5-16(12)21/h2-11,18H,1H3,(H,22,23)(H,24,25). The highest BCUT2D eigenvalue weighted by molar-refractivity contribution is 7.58. The molecule has 4 nitrogen and oxygen atoms in total. The lowest BCUT2D eigenvalue weighted by molar-refractivity contribution is -0.120. The summed E-state index contributed by atoms with van der Waals surface area (Å²) in [5.74, 6) is -1.07. The van der Waals surface area contributed by atoms with Crippen molar-refractivity contribution in [3.05, 3.63) is 76.0 Å². The van der Waals surface area contributed by atoms with E-state index in [4.69, 9.17) is 11.6 Å². The van der Waals surface area contributed by atoms with Crippen molar-refractivity contribution in [1.29, 1.82) is 0 Å². The fourth-order valence-electron chi connectivity index (χ4n) is 2.75. The Balaban J connectivity index is 1.91. The summed E-state index contributed by atoms with van der Waals surface area (Å²) < 4.78 is 27.0. The number of nitrogens with one attached hydrogen (secondary N) is 1. The van der Waals surface area contributed by atoms with Crippen LogP contribution in [0.4, 0.5) is 4.39 Å². The molecule has 140 valence electrons. The molecule has 0 aliphatic carbocycles. The molecule has 0 radical (unpaired) electrons. The maximum Gasteiger partial charge on any atom is 0.241 e. The second kappa shape index (κ2) is 7.95. The maximum absolute atomic E-state index is 13.6. The van der Waals surface area contributed by atoms with Gasteiger partial charge in [0.05, 0.1) is 0 Å². The Labute approximate surface area is 164 Å². The van der Waals surface area contributed by atoms with Crippen molar-refractivity contribution >= 4 is 52.4 Å². The van der Waals surface area contributed by atoms with Crippen LogP contribution in [0.1, 0.15) is 16.8 Å². The first-order chi connectivity index (χ1) is 12.8. The molecule has 0 bridgehead atoms. The summed E-state index contributed by atoms with van der Waals surface area (Å²) >= 11 is 7.41. The van der Waals surface area contributed by atoms with Crippen LogP contribution in [0, 0.1) is 5.82 Å². The first-order valence-corrected chi connectivity index (χ1v) is 11.4. The van der Waals surface area contributed by atoms with Gasteiger partial charge in [-0.3, -0.25) is 9.36 Å². The Hall–Kier alpha value is -1.98. The molecule has 0 spiro atoms. The number of rotatable bonds is 5. The number of fused-ring (bicyclic) bond motifs is 1. The SMILES string of the molecule is CP(=O)(O)C(C(=O)NC=Cc1ccccc1F)c1csc2ccc(Cl)cc12. The van der Waals surface area contributed by atoms with Gasteiger partial charge in [0, 0.05) is 28.2 Å². The van der Waals surface area contributed by atoms with E-state index in [0.717, 1.165) is 11.4 Å². The molecule has 2 N–H and O–H groups in total. The molecule has 1 heterocycles. The molecule has 3 aromatic rings. The number of amides is 1. The van der Waals surface area contributed by atoms with Crippen molar-refractivity contribution in [3.63, 3.8) is 0 Å². The topological polar surface area (TPSA) is 66.4 Å². The molecule has 0 aliphatic heterocycles. The molecule has 8 heteroatoms. The normalized spacial score (nSPS) is 15.0. The highest BCUT2D eigenvalue weighted by Crippen LogP contribution is 2.54. The minimum absolute atomic E-state index is 0.297. The van der Waals surface area contributed by atoms with Gasteiger partial charge in [0.1, 0.15) is 11.5 Å². The van der Waals surface area contributed by atoms with E-state index in [9.17, 15) is 18.6 Å². The number of halogens is 2. The van der Waals surface area contributed by atoms with E-state index in [1.807, 2.05) is 0 Å². The van der Waals surface area contributed by atoms with Crippen LogP contribution in [0.2, 0.25) is 5.02 Å². The van der Waals surface area contributed by atoms with Gasteiger partial charge < -0.3 is 10.2 Å². The van der Waals surface area contributed by atoms with Crippen LogP contribution in [0.25, 0.3) is 16.2 Å². The van der Waals surface area contributed by atoms with Crippen molar-refractivity contribution in [3.8, 4) is 0 Å². The van der Waals surface area contributed by atoms with E-state index >= 15 is 0 Å². The van der Waals surface area contributed by atoms with E-state index in [0.29, 0.717) is 21.5 Å². The number of hydrogen-bond donors (Lipinski definition) is 2. The molecule has 2 unspecified atom stereocenters. The van der Waals surface area contributed by atoms with Gasteiger partial charge >= 0.3 is 0 Å². The van der Waals surface area contributed by atoms with Crippen molar-refractivity contribution < 1.29 is 18.6 Å². The summed E-state index contributed by atoms with van der Waals surface area (Å²) in [7, 11) is -3.82. The third-order valence-electron chi connectivity index (χ3n) is 3.98. The quantitative estimate of drug-likeness (QED) is 0.538.